The minimum Gasteiger partial charge on any atom is -0.344 e. The second-order valence-corrected chi connectivity index (χ2v) is 7.55. The van der Waals surface area contributed by atoms with Gasteiger partial charge >= 0.3 is 6.03 Å². The number of urea groups is 1. The van der Waals surface area contributed by atoms with E-state index in [1.807, 2.05) is 50.5 Å². The van der Waals surface area contributed by atoms with Gasteiger partial charge in [-0.3, -0.25) is 9.69 Å². The van der Waals surface area contributed by atoms with Gasteiger partial charge < -0.3 is 15.5 Å². The van der Waals surface area contributed by atoms with Crippen molar-refractivity contribution in [2.45, 2.75) is 25.6 Å². The lowest BCUT2D eigenvalue weighted by atomic mass is 10.1. The third kappa shape index (κ3) is 5.24. The number of hydrogen-bond acceptors (Lipinski definition) is 3. The quantitative estimate of drug-likeness (QED) is 0.781. The molecule has 0 aliphatic carbocycles. The van der Waals surface area contributed by atoms with Gasteiger partial charge in [-0.1, -0.05) is 35.9 Å². The van der Waals surface area contributed by atoms with E-state index in [1.54, 1.807) is 17.0 Å². The standard InChI is InChI=1S/C21H25ClN4O2/c1-25-12-11-19(20(25)27)26(2)14-16-5-9-18(10-6-16)24-21(28)23-13-15-3-7-17(22)8-4-15/h3-10,19H,11-14H2,1-2H3,(H2,23,24,28). The Hall–Kier alpha value is -2.57. The molecule has 0 spiro atoms. The number of nitrogens with one attached hydrogen (secondary N) is 2. The van der Waals surface area contributed by atoms with E-state index in [0.29, 0.717) is 18.1 Å². The highest BCUT2D eigenvalue weighted by Crippen LogP contribution is 2.18. The van der Waals surface area contributed by atoms with Crippen LogP contribution in [0.4, 0.5) is 10.5 Å². The molecule has 1 atom stereocenters. The largest absolute Gasteiger partial charge is 0.344 e. The number of carbonyl (C=O) groups is 2. The second-order valence-electron chi connectivity index (χ2n) is 7.11. The zero-order valence-electron chi connectivity index (χ0n) is 16.1. The van der Waals surface area contributed by atoms with Crippen LogP contribution in [0.3, 0.4) is 0 Å². The Morgan fingerprint density at radius 1 is 1.14 bits per heavy atom. The number of carbonyl (C=O) groups excluding carboxylic acids is 2. The molecule has 0 aromatic heterocycles. The molecule has 1 saturated heterocycles. The molecule has 0 radical (unpaired) electrons. The monoisotopic (exact) mass is 400 g/mol. The van der Waals surface area contributed by atoms with E-state index in [1.165, 1.54) is 0 Å². The van der Waals surface area contributed by atoms with Crippen molar-refractivity contribution in [1.29, 1.82) is 0 Å². The number of anilines is 1. The van der Waals surface area contributed by atoms with E-state index >= 15 is 0 Å². The summed E-state index contributed by atoms with van der Waals surface area (Å²) < 4.78 is 0. The van der Waals surface area contributed by atoms with Crippen molar-refractivity contribution >= 4 is 29.2 Å². The van der Waals surface area contributed by atoms with Crippen LogP contribution in [0.2, 0.25) is 5.02 Å². The van der Waals surface area contributed by atoms with Crippen molar-refractivity contribution in [3.63, 3.8) is 0 Å². The predicted octanol–water partition coefficient (Wildman–Crippen LogP) is 3.32. The van der Waals surface area contributed by atoms with Gasteiger partial charge in [-0.05, 0) is 48.9 Å². The van der Waals surface area contributed by atoms with Crippen LogP contribution in [0.25, 0.3) is 0 Å². The zero-order valence-corrected chi connectivity index (χ0v) is 16.9. The van der Waals surface area contributed by atoms with Gasteiger partial charge in [0.1, 0.15) is 0 Å². The number of likely N-dealkylation sites (tertiary alicyclic amines) is 1. The maximum absolute atomic E-state index is 12.1. The zero-order chi connectivity index (χ0) is 20.1. The number of nitrogens with zero attached hydrogens (tertiary/aromatic N) is 2. The number of rotatable bonds is 6. The third-order valence-electron chi connectivity index (χ3n) is 4.94. The molecule has 1 heterocycles. The molecule has 0 saturated carbocycles. The molecule has 1 aliphatic rings. The first kappa shape index (κ1) is 20.2. The Morgan fingerprint density at radius 3 is 2.39 bits per heavy atom. The molecule has 6 nitrogen and oxygen atoms in total. The maximum atomic E-state index is 12.1. The average Bonchev–Trinajstić information content (AvgIpc) is 3.02. The van der Waals surface area contributed by atoms with E-state index in [4.69, 9.17) is 11.6 Å². The van der Waals surface area contributed by atoms with Crippen molar-refractivity contribution in [2.24, 2.45) is 0 Å². The van der Waals surface area contributed by atoms with E-state index in [0.717, 1.165) is 29.8 Å². The molecule has 148 valence electrons. The van der Waals surface area contributed by atoms with Crippen molar-refractivity contribution in [3.8, 4) is 0 Å². The van der Waals surface area contributed by atoms with Crippen LogP contribution in [-0.4, -0.2) is 48.4 Å². The molecule has 0 bridgehead atoms. The lowest BCUT2D eigenvalue weighted by Crippen LogP contribution is -2.38. The Labute approximate surface area is 170 Å². The first-order valence-corrected chi connectivity index (χ1v) is 9.63. The lowest BCUT2D eigenvalue weighted by Gasteiger charge is -2.23. The summed E-state index contributed by atoms with van der Waals surface area (Å²) in [6.45, 7) is 1.92. The SMILES string of the molecule is CN1CCC(N(C)Cc2ccc(NC(=O)NCc3ccc(Cl)cc3)cc2)C1=O. The lowest BCUT2D eigenvalue weighted by molar-refractivity contribution is -0.130. The average molecular weight is 401 g/mol. The molecule has 1 unspecified atom stereocenters. The summed E-state index contributed by atoms with van der Waals surface area (Å²) >= 11 is 5.85. The fourth-order valence-corrected chi connectivity index (χ4v) is 3.39. The molecule has 3 rings (SSSR count). The molecule has 2 aromatic carbocycles. The summed E-state index contributed by atoms with van der Waals surface area (Å²) in [4.78, 5) is 28.0. The van der Waals surface area contributed by atoms with Crippen LogP contribution >= 0.6 is 11.6 Å². The topological polar surface area (TPSA) is 64.7 Å². The summed E-state index contributed by atoms with van der Waals surface area (Å²) in [6.07, 6.45) is 0.860. The molecule has 2 aromatic rings. The highest BCUT2D eigenvalue weighted by atomic mass is 35.5. The Morgan fingerprint density at radius 2 is 1.79 bits per heavy atom. The van der Waals surface area contributed by atoms with Crippen molar-refractivity contribution in [3.05, 3.63) is 64.7 Å². The predicted molar refractivity (Wildman–Crippen MR) is 111 cm³/mol. The van der Waals surface area contributed by atoms with Crippen LogP contribution in [-0.2, 0) is 17.9 Å². The summed E-state index contributed by atoms with van der Waals surface area (Å²) in [6, 6.07) is 14.7. The molecule has 28 heavy (non-hydrogen) atoms. The van der Waals surface area contributed by atoms with Crippen molar-refractivity contribution in [2.75, 3.05) is 26.0 Å². The molecule has 1 fully saturated rings. The van der Waals surface area contributed by atoms with Gasteiger partial charge in [0, 0.05) is 37.4 Å². The van der Waals surface area contributed by atoms with Crippen LogP contribution < -0.4 is 10.6 Å². The smallest absolute Gasteiger partial charge is 0.319 e. The number of benzene rings is 2. The Balaban J connectivity index is 1.47. The molecule has 3 amide bonds. The van der Waals surface area contributed by atoms with Gasteiger partial charge in [0.2, 0.25) is 5.91 Å². The first-order valence-electron chi connectivity index (χ1n) is 9.26. The van der Waals surface area contributed by atoms with Gasteiger partial charge in [0.15, 0.2) is 0 Å². The van der Waals surface area contributed by atoms with E-state index in [2.05, 4.69) is 15.5 Å². The Kier molecular flexibility index (Phi) is 6.54. The van der Waals surface area contributed by atoms with Crippen LogP contribution in [0.15, 0.2) is 48.5 Å². The summed E-state index contributed by atoms with van der Waals surface area (Å²) in [5, 5.41) is 6.31. The van der Waals surface area contributed by atoms with E-state index in [9.17, 15) is 9.59 Å². The minimum atomic E-state index is -0.264. The first-order chi connectivity index (χ1) is 13.4. The normalized spacial score (nSPS) is 16.5. The maximum Gasteiger partial charge on any atom is 0.319 e. The number of amides is 3. The molecular weight excluding hydrogens is 376 g/mol. The molecule has 7 heteroatoms. The van der Waals surface area contributed by atoms with Crippen molar-refractivity contribution in [1.82, 2.24) is 15.1 Å². The fourth-order valence-electron chi connectivity index (χ4n) is 3.26. The molecular formula is C21H25ClN4O2. The number of likely N-dealkylation sites (N-methyl/N-ethyl adjacent to an activating group) is 2. The highest BCUT2D eigenvalue weighted by molar-refractivity contribution is 6.30. The van der Waals surface area contributed by atoms with Gasteiger partial charge in [-0.15, -0.1) is 0 Å². The second kappa shape index (κ2) is 9.08. The van der Waals surface area contributed by atoms with Crippen LogP contribution in [0.5, 0.6) is 0 Å². The van der Waals surface area contributed by atoms with E-state index in [-0.39, 0.29) is 18.0 Å². The highest BCUT2D eigenvalue weighted by Gasteiger charge is 2.31. The number of halogens is 1. The van der Waals surface area contributed by atoms with Gasteiger partial charge in [0.05, 0.1) is 6.04 Å². The van der Waals surface area contributed by atoms with Gasteiger partial charge in [-0.25, -0.2) is 4.79 Å². The van der Waals surface area contributed by atoms with E-state index < -0.39 is 0 Å². The molecule has 2 N–H and O–H groups in total. The fraction of sp³-hybridized carbons (Fsp3) is 0.333. The molecule has 1 aliphatic heterocycles. The third-order valence-corrected chi connectivity index (χ3v) is 5.19. The summed E-state index contributed by atoms with van der Waals surface area (Å²) in [5.74, 6) is 0.179. The van der Waals surface area contributed by atoms with Gasteiger partial charge in [-0.2, -0.15) is 0 Å². The Bertz CT molecular complexity index is 823. The minimum absolute atomic E-state index is 0.0542. The summed E-state index contributed by atoms with van der Waals surface area (Å²) in [5.41, 5.74) is 2.79. The van der Waals surface area contributed by atoms with Crippen molar-refractivity contribution < 1.29 is 9.59 Å². The van der Waals surface area contributed by atoms with Crippen LogP contribution in [0, 0.1) is 0 Å². The number of hydrogen-bond donors (Lipinski definition) is 2. The summed E-state index contributed by atoms with van der Waals surface area (Å²) in [7, 11) is 3.81. The van der Waals surface area contributed by atoms with Gasteiger partial charge in [0.25, 0.3) is 0 Å². The van der Waals surface area contributed by atoms with Crippen LogP contribution in [0.1, 0.15) is 17.5 Å².